The van der Waals surface area contributed by atoms with E-state index in [4.69, 9.17) is 0 Å². The van der Waals surface area contributed by atoms with Gasteiger partial charge in [0.25, 0.3) is 0 Å². The van der Waals surface area contributed by atoms with Gasteiger partial charge in [0, 0.05) is 5.75 Å². The number of thioether (sulfide) groups is 1. The Bertz CT molecular complexity index is 275. The molecule has 1 heteroatoms. The quantitative estimate of drug-likeness (QED) is 0.494. The largest absolute Gasteiger partial charge is 0.158 e. The monoisotopic (exact) mass is 222 g/mol. The summed E-state index contributed by atoms with van der Waals surface area (Å²) >= 11 is 2.01. The minimum absolute atomic E-state index is 0.604. The molecule has 0 unspecified atom stereocenters. The summed E-state index contributed by atoms with van der Waals surface area (Å²) in [5.41, 5.74) is 2.35. The lowest BCUT2D eigenvalue weighted by Gasteiger charge is -2.56. The molecule has 3 rings (SSSR count). The molecule has 1 saturated carbocycles. The molecule has 0 spiro atoms. The van der Waals surface area contributed by atoms with Crippen LogP contribution in [-0.4, -0.2) is 11.5 Å². The van der Waals surface area contributed by atoms with Crippen LogP contribution in [0.15, 0.2) is 24.3 Å². The van der Waals surface area contributed by atoms with Crippen molar-refractivity contribution in [2.45, 2.75) is 33.1 Å². The van der Waals surface area contributed by atoms with E-state index in [1.807, 2.05) is 17.8 Å². The maximum Gasteiger partial charge on any atom is 0.0110 e. The minimum Gasteiger partial charge on any atom is -0.158 e. The Labute approximate surface area is 98.2 Å². The lowest BCUT2D eigenvalue weighted by atomic mass is 9.48. The molecule has 3 aliphatic rings. The third-order valence-corrected chi connectivity index (χ3v) is 5.32. The lowest BCUT2D eigenvalue weighted by Crippen LogP contribution is -2.48. The van der Waals surface area contributed by atoms with Crippen LogP contribution >= 0.6 is 11.8 Å². The highest BCUT2D eigenvalue weighted by molar-refractivity contribution is 7.99. The molecule has 2 bridgehead atoms. The Morgan fingerprint density at radius 1 is 1.60 bits per heavy atom. The van der Waals surface area contributed by atoms with E-state index in [2.05, 4.69) is 26.5 Å². The van der Waals surface area contributed by atoms with Crippen molar-refractivity contribution in [2.24, 2.45) is 17.3 Å². The second-order valence-corrected chi connectivity index (χ2v) is 6.58. The predicted molar refractivity (Wildman–Crippen MR) is 70.2 cm³/mol. The fourth-order valence-corrected chi connectivity index (χ4v) is 3.83. The fraction of sp³-hybridized carbons (Fsp3) is 0.714. The third-order valence-electron chi connectivity index (χ3n) is 4.35. The summed E-state index contributed by atoms with van der Waals surface area (Å²) in [6.07, 6.45) is 8.64. The van der Waals surface area contributed by atoms with Crippen LogP contribution in [0.4, 0.5) is 0 Å². The Morgan fingerprint density at radius 2 is 2.40 bits per heavy atom. The van der Waals surface area contributed by atoms with Crippen LogP contribution in [0, 0.1) is 17.3 Å². The van der Waals surface area contributed by atoms with E-state index in [-0.39, 0.29) is 0 Å². The van der Waals surface area contributed by atoms with E-state index in [9.17, 15) is 0 Å². The highest BCUT2D eigenvalue weighted by Gasteiger charge is 2.50. The second-order valence-electron chi connectivity index (χ2n) is 5.43. The molecule has 0 amide bonds. The van der Waals surface area contributed by atoms with Crippen LogP contribution in [0.3, 0.4) is 0 Å². The Morgan fingerprint density at radius 3 is 3.00 bits per heavy atom. The van der Waals surface area contributed by atoms with Gasteiger partial charge >= 0.3 is 0 Å². The molecular formula is C14H22S. The molecule has 0 aromatic rings. The summed E-state index contributed by atoms with van der Waals surface area (Å²) in [4.78, 5) is 0. The average molecular weight is 222 g/mol. The standard InChI is InChI=1S/C14H22S/c1-4-8-15-9-7-11-5-6-12-10-13(11)14(12,2)3/h4-5,12-13H,1,6-10H2,2-3H3/t12-,13+/m0/s1. The first-order chi connectivity index (χ1) is 7.16. The summed E-state index contributed by atoms with van der Waals surface area (Å²) in [6, 6.07) is 0. The van der Waals surface area contributed by atoms with Crippen LogP contribution in [-0.2, 0) is 0 Å². The van der Waals surface area contributed by atoms with Gasteiger partial charge in [0.2, 0.25) is 0 Å². The summed E-state index contributed by atoms with van der Waals surface area (Å²) in [6.45, 7) is 8.66. The van der Waals surface area contributed by atoms with E-state index >= 15 is 0 Å². The first kappa shape index (κ1) is 11.3. The topological polar surface area (TPSA) is 0 Å². The van der Waals surface area contributed by atoms with Crippen molar-refractivity contribution in [2.75, 3.05) is 11.5 Å². The van der Waals surface area contributed by atoms with Crippen molar-refractivity contribution in [1.82, 2.24) is 0 Å². The molecule has 0 saturated heterocycles. The van der Waals surface area contributed by atoms with E-state index in [1.165, 1.54) is 25.0 Å². The maximum absolute atomic E-state index is 3.76. The molecule has 15 heavy (non-hydrogen) atoms. The van der Waals surface area contributed by atoms with Gasteiger partial charge in [-0.05, 0) is 42.3 Å². The van der Waals surface area contributed by atoms with Gasteiger partial charge in [0.1, 0.15) is 0 Å². The SMILES string of the molecule is C=CCSCCC1=CC[C@H]2C[C@H]1C2(C)C. The van der Waals surface area contributed by atoms with Crippen molar-refractivity contribution in [3.05, 3.63) is 24.3 Å². The van der Waals surface area contributed by atoms with Crippen molar-refractivity contribution in [3.63, 3.8) is 0 Å². The van der Waals surface area contributed by atoms with Gasteiger partial charge < -0.3 is 0 Å². The molecule has 0 aliphatic heterocycles. The number of rotatable bonds is 5. The van der Waals surface area contributed by atoms with Crippen LogP contribution in [0.1, 0.15) is 33.1 Å². The summed E-state index contributed by atoms with van der Waals surface area (Å²) < 4.78 is 0. The molecule has 2 atom stereocenters. The highest BCUT2D eigenvalue weighted by Crippen LogP contribution is 2.59. The van der Waals surface area contributed by atoms with Gasteiger partial charge in [0.05, 0.1) is 0 Å². The minimum atomic E-state index is 0.604. The van der Waals surface area contributed by atoms with Gasteiger partial charge in [-0.15, -0.1) is 6.58 Å². The molecular weight excluding hydrogens is 200 g/mol. The second kappa shape index (κ2) is 4.37. The van der Waals surface area contributed by atoms with E-state index in [0.717, 1.165) is 17.6 Å². The van der Waals surface area contributed by atoms with Gasteiger partial charge in [-0.3, -0.25) is 0 Å². The molecule has 0 aromatic heterocycles. The number of hydrogen-bond acceptors (Lipinski definition) is 1. The van der Waals surface area contributed by atoms with Gasteiger partial charge in [0.15, 0.2) is 0 Å². The van der Waals surface area contributed by atoms with Crippen molar-refractivity contribution >= 4 is 11.8 Å². The van der Waals surface area contributed by atoms with Crippen LogP contribution in [0.2, 0.25) is 0 Å². The van der Waals surface area contributed by atoms with Crippen molar-refractivity contribution < 1.29 is 0 Å². The fourth-order valence-electron chi connectivity index (χ4n) is 3.11. The highest BCUT2D eigenvalue weighted by atomic mass is 32.2. The van der Waals surface area contributed by atoms with Crippen molar-refractivity contribution in [1.29, 1.82) is 0 Å². The van der Waals surface area contributed by atoms with Crippen LogP contribution < -0.4 is 0 Å². The molecule has 0 nitrogen and oxygen atoms in total. The number of hydrogen-bond donors (Lipinski definition) is 0. The number of fused-ring (bicyclic) bond motifs is 1. The maximum atomic E-state index is 3.76. The first-order valence-electron chi connectivity index (χ1n) is 6.04. The summed E-state index contributed by atoms with van der Waals surface area (Å²) in [7, 11) is 0. The van der Waals surface area contributed by atoms with Crippen LogP contribution in [0.5, 0.6) is 0 Å². The third kappa shape index (κ3) is 2.04. The summed E-state index contributed by atoms with van der Waals surface area (Å²) in [5.74, 6) is 4.26. The van der Waals surface area contributed by atoms with Gasteiger partial charge in [-0.2, -0.15) is 11.8 Å². The molecule has 0 N–H and O–H groups in total. The zero-order valence-electron chi connectivity index (χ0n) is 9.96. The molecule has 0 radical (unpaired) electrons. The van der Waals surface area contributed by atoms with Crippen molar-refractivity contribution in [3.8, 4) is 0 Å². The van der Waals surface area contributed by atoms with Gasteiger partial charge in [-0.1, -0.05) is 31.6 Å². The zero-order chi connectivity index (χ0) is 10.9. The average Bonchev–Trinajstić information content (AvgIpc) is 2.24. The first-order valence-corrected chi connectivity index (χ1v) is 7.19. The Hall–Kier alpha value is -0.170. The normalized spacial score (nSPS) is 31.7. The molecule has 84 valence electrons. The molecule has 1 fully saturated rings. The zero-order valence-corrected chi connectivity index (χ0v) is 10.8. The van der Waals surface area contributed by atoms with Gasteiger partial charge in [-0.25, -0.2) is 0 Å². The Kier molecular flexibility index (Phi) is 3.30. The summed E-state index contributed by atoms with van der Waals surface area (Å²) in [5, 5.41) is 0. The van der Waals surface area contributed by atoms with E-state index in [1.54, 1.807) is 5.57 Å². The lowest BCUT2D eigenvalue weighted by molar-refractivity contribution is -0.00767. The smallest absolute Gasteiger partial charge is 0.0110 e. The molecule has 0 aromatic carbocycles. The van der Waals surface area contributed by atoms with Crippen LogP contribution in [0.25, 0.3) is 0 Å². The molecule has 0 heterocycles. The Balaban J connectivity index is 1.83. The van der Waals surface area contributed by atoms with E-state index in [0.29, 0.717) is 5.41 Å². The molecule has 3 aliphatic carbocycles. The predicted octanol–water partition coefficient (Wildman–Crippen LogP) is 4.29. The van der Waals surface area contributed by atoms with E-state index < -0.39 is 0 Å². The number of allylic oxidation sites excluding steroid dienone is 2.